The van der Waals surface area contributed by atoms with E-state index in [1.165, 1.54) is 13.0 Å². The Kier molecular flexibility index (Phi) is 8.23. The summed E-state index contributed by atoms with van der Waals surface area (Å²) >= 11 is 0. The lowest BCUT2D eigenvalue weighted by molar-refractivity contribution is -0.182. The van der Waals surface area contributed by atoms with Crippen molar-refractivity contribution in [2.45, 2.75) is 20.8 Å². The molecule has 0 aromatic heterocycles. The minimum Gasteiger partial charge on any atom is -0.457 e. The van der Waals surface area contributed by atoms with Gasteiger partial charge in [-0.15, -0.1) is 0 Å². The number of ether oxygens (including phenoxy) is 2. The highest BCUT2D eigenvalue weighted by Crippen LogP contribution is 2.28. The van der Waals surface area contributed by atoms with Gasteiger partial charge < -0.3 is 20.1 Å². The van der Waals surface area contributed by atoms with Gasteiger partial charge in [-0.3, -0.25) is 14.5 Å². The first-order valence-electron chi connectivity index (χ1n) is 11.9. The molecule has 0 bridgehead atoms. The maximum absolute atomic E-state index is 13.0. The first-order chi connectivity index (χ1) is 18.7. The van der Waals surface area contributed by atoms with Crippen molar-refractivity contribution in [2.24, 2.45) is 0 Å². The molecule has 4 aromatic carbocycles. The van der Waals surface area contributed by atoms with Crippen LogP contribution in [0.15, 0.2) is 84.9 Å². The topological polar surface area (TPSA) is 123 Å². The van der Waals surface area contributed by atoms with Crippen LogP contribution < -0.4 is 20.1 Å². The predicted octanol–water partition coefficient (Wildman–Crippen LogP) is 6.73. The van der Waals surface area contributed by atoms with Crippen molar-refractivity contribution >= 4 is 29.2 Å². The van der Waals surface area contributed by atoms with Crippen LogP contribution in [0, 0.1) is 13.8 Å². The van der Waals surface area contributed by atoms with E-state index in [0.717, 1.165) is 11.1 Å². The van der Waals surface area contributed by atoms with Crippen LogP contribution >= 0.6 is 0 Å². The van der Waals surface area contributed by atoms with Crippen LogP contribution in [0.25, 0.3) is 0 Å². The molecule has 0 fully saturated rings. The quantitative estimate of drug-likeness (QED) is 0.172. The van der Waals surface area contributed by atoms with Crippen molar-refractivity contribution in [3.8, 4) is 23.0 Å². The molecule has 0 saturated carbocycles. The largest absolute Gasteiger partial charge is 0.457 e. The van der Waals surface area contributed by atoms with E-state index >= 15 is 0 Å². The molecular weight excluding hydrogens is 500 g/mol. The van der Waals surface area contributed by atoms with Gasteiger partial charge in [0.25, 0.3) is 5.91 Å². The molecule has 0 atom stereocenters. The Balaban J connectivity index is 1.42. The lowest BCUT2D eigenvalue weighted by Crippen LogP contribution is -2.12. The zero-order chi connectivity index (χ0) is 27.9. The Morgan fingerprint density at radius 3 is 1.56 bits per heavy atom. The summed E-state index contributed by atoms with van der Waals surface area (Å²) < 4.78 is 11.7. The van der Waals surface area contributed by atoms with Crippen LogP contribution in [0.2, 0.25) is 0 Å². The van der Waals surface area contributed by atoms with Gasteiger partial charge in [-0.05, 0) is 110 Å². The second-order valence-corrected chi connectivity index (χ2v) is 8.84. The zero-order valence-corrected chi connectivity index (χ0v) is 21.5. The molecule has 4 rings (SSSR count). The lowest BCUT2D eigenvalue weighted by atomic mass is 10.1. The van der Waals surface area contributed by atoms with Crippen molar-refractivity contribution in [3.63, 3.8) is 0 Å². The molecule has 0 aliphatic rings. The SMILES string of the molecule is CC(=O)Nc1ccc(Oc2cc(C)cc(C(=O)Nc3ccc(Oc4cc(C)cc(C(=O)OO)c4)cc3)c2)cc1. The van der Waals surface area contributed by atoms with Gasteiger partial charge >= 0.3 is 5.97 Å². The average Bonchev–Trinajstić information content (AvgIpc) is 2.89. The molecule has 0 unspecified atom stereocenters. The maximum Gasteiger partial charge on any atom is 0.372 e. The molecule has 9 nitrogen and oxygen atoms in total. The predicted molar refractivity (Wildman–Crippen MR) is 146 cm³/mol. The third-order valence-corrected chi connectivity index (χ3v) is 5.44. The minimum atomic E-state index is -0.883. The van der Waals surface area contributed by atoms with E-state index in [-0.39, 0.29) is 17.4 Å². The number of rotatable bonds is 8. The van der Waals surface area contributed by atoms with E-state index in [4.69, 9.17) is 14.7 Å². The molecule has 0 aliphatic carbocycles. The van der Waals surface area contributed by atoms with Crippen molar-refractivity contribution in [2.75, 3.05) is 10.6 Å². The van der Waals surface area contributed by atoms with Gasteiger partial charge in [-0.25, -0.2) is 4.79 Å². The first kappa shape index (κ1) is 26.9. The summed E-state index contributed by atoms with van der Waals surface area (Å²) in [5, 5.41) is 14.2. The summed E-state index contributed by atoms with van der Waals surface area (Å²) in [6.07, 6.45) is 0. The van der Waals surface area contributed by atoms with Gasteiger partial charge in [-0.2, -0.15) is 5.26 Å². The third kappa shape index (κ3) is 7.43. The molecule has 0 spiro atoms. The second kappa shape index (κ2) is 11.9. The van der Waals surface area contributed by atoms with E-state index in [1.807, 2.05) is 13.0 Å². The van der Waals surface area contributed by atoms with Crippen LogP contribution in [0.4, 0.5) is 11.4 Å². The molecule has 198 valence electrons. The standard InChI is InChI=1S/C30H26N2O7/c1-18-12-21(16-27(14-18)37-25-8-4-23(5-9-25)31-20(3)33)29(34)32-24-6-10-26(11-7-24)38-28-15-19(2)13-22(17-28)30(35)39-36/h4-17,36H,1-3H3,(H,31,33)(H,32,34). The first-order valence-corrected chi connectivity index (χ1v) is 11.9. The van der Waals surface area contributed by atoms with E-state index < -0.39 is 5.97 Å². The Bertz CT molecular complexity index is 1510. The van der Waals surface area contributed by atoms with E-state index in [2.05, 4.69) is 15.5 Å². The Morgan fingerprint density at radius 1 is 0.615 bits per heavy atom. The van der Waals surface area contributed by atoms with Gasteiger partial charge in [-0.1, -0.05) is 0 Å². The number of amides is 2. The Labute approximate surface area is 224 Å². The van der Waals surface area contributed by atoms with Crippen molar-refractivity contribution < 1.29 is 34.0 Å². The van der Waals surface area contributed by atoms with Gasteiger partial charge in [0.2, 0.25) is 5.91 Å². The van der Waals surface area contributed by atoms with Gasteiger partial charge in [0.05, 0.1) is 5.56 Å². The van der Waals surface area contributed by atoms with Crippen molar-refractivity contribution in [1.29, 1.82) is 0 Å². The maximum atomic E-state index is 13.0. The van der Waals surface area contributed by atoms with E-state index in [9.17, 15) is 14.4 Å². The summed E-state index contributed by atoms with van der Waals surface area (Å²) in [5.74, 6) is 0.578. The molecule has 4 aromatic rings. The highest BCUT2D eigenvalue weighted by Gasteiger charge is 2.12. The number of benzene rings is 4. The number of carbonyl (C=O) groups is 3. The zero-order valence-electron chi connectivity index (χ0n) is 21.5. The van der Waals surface area contributed by atoms with Gasteiger partial charge in [0, 0.05) is 23.9 Å². The molecule has 0 saturated heterocycles. The normalized spacial score (nSPS) is 10.4. The van der Waals surface area contributed by atoms with Gasteiger partial charge in [0.1, 0.15) is 23.0 Å². The van der Waals surface area contributed by atoms with Crippen molar-refractivity contribution in [3.05, 3.63) is 107 Å². The summed E-state index contributed by atoms with van der Waals surface area (Å²) in [4.78, 5) is 39.6. The lowest BCUT2D eigenvalue weighted by Gasteiger charge is -2.12. The van der Waals surface area contributed by atoms with Crippen LogP contribution in [-0.4, -0.2) is 23.0 Å². The number of carbonyl (C=O) groups excluding carboxylic acids is 3. The number of aryl methyl sites for hydroxylation is 2. The molecule has 2 amide bonds. The summed E-state index contributed by atoms with van der Waals surface area (Å²) in [7, 11) is 0. The average molecular weight is 527 g/mol. The molecule has 0 aliphatic heterocycles. The van der Waals surface area contributed by atoms with Crippen LogP contribution in [-0.2, 0) is 9.68 Å². The number of hydrogen-bond acceptors (Lipinski definition) is 7. The smallest absolute Gasteiger partial charge is 0.372 e. The number of anilines is 2. The molecule has 0 heterocycles. The fourth-order valence-electron chi connectivity index (χ4n) is 3.81. The number of nitrogens with one attached hydrogen (secondary N) is 2. The fourth-order valence-corrected chi connectivity index (χ4v) is 3.81. The highest BCUT2D eigenvalue weighted by molar-refractivity contribution is 6.04. The van der Waals surface area contributed by atoms with Crippen molar-refractivity contribution in [1.82, 2.24) is 0 Å². The molecular formula is C30H26N2O7. The highest BCUT2D eigenvalue weighted by atomic mass is 17.1. The molecule has 9 heteroatoms. The second-order valence-electron chi connectivity index (χ2n) is 8.84. The van der Waals surface area contributed by atoms with E-state index in [0.29, 0.717) is 39.9 Å². The van der Waals surface area contributed by atoms with E-state index in [1.54, 1.807) is 79.7 Å². The van der Waals surface area contributed by atoms with Crippen LogP contribution in [0.5, 0.6) is 23.0 Å². The Morgan fingerprint density at radius 2 is 1.08 bits per heavy atom. The van der Waals surface area contributed by atoms with Gasteiger partial charge in [0.15, 0.2) is 0 Å². The minimum absolute atomic E-state index is 0.153. The fraction of sp³-hybridized carbons (Fsp3) is 0.100. The summed E-state index contributed by atoms with van der Waals surface area (Å²) in [6, 6.07) is 23.6. The van der Waals surface area contributed by atoms with Crippen LogP contribution in [0.1, 0.15) is 38.8 Å². The summed E-state index contributed by atoms with van der Waals surface area (Å²) in [5.41, 5.74) is 3.38. The molecule has 0 radical (unpaired) electrons. The number of hydrogen-bond donors (Lipinski definition) is 3. The monoisotopic (exact) mass is 526 g/mol. The summed E-state index contributed by atoms with van der Waals surface area (Å²) in [6.45, 7) is 5.09. The third-order valence-electron chi connectivity index (χ3n) is 5.44. The molecule has 39 heavy (non-hydrogen) atoms. The Hall–Kier alpha value is -5.15. The molecule has 3 N–H and O–H groups in total. The van der Waals surface area contributed by atoms with Crippen LogP contribution in [0.3, 0.4) is 0 Å².